The Morgan fingerprint density at radius 3 is 3.21 bits per heavy atom. The molecule has 2 aromatic rings. The Bertz CT molecular complexity index is 566. The van der Waals surface area contributed by atoms with Crippen molar-refractivity contribution >= 4 is 28.8 Å². The number of thiophene rings is 1. The van der Waals surface area contributed by atoms with E-state index in [4.69, 9.17) is 0 Å². The molecule has 7 heteroatoms. The van der Waals surface area contributed by atoms with Gasteiger partial charge in [0, 0.05) is 11.4 Å². The molecule has 0 radical (unpaired) electrons. The molecule has 0 fully saturated rings. The minimum atomic E-state index is -0.240. The van der Waals surface area contributed by atoms with E-state index in [0.717, 1.165) is 23.7 Å². The van der Waals surface area contributed by atoms with Crippen molar-refractivity contribution in [2.75, 3.05) is 13.6 Å². The summed E-state index contributed by atoms with van der Waals surface area (Å²) in [6.45, 7) is 1.22. The third-order valence-corrected chi connectivity index (χ3v) is 4.82. The number of amides is 1. The Morgan fingerprint density at radius 1 is 1.58 bits per heavy atom. The Hall–Kier alpha value is -1.31. The van der Waals surface area contributed by atoms with Crippen molar-refractivity contribution in [2.45, 2.75) is 19.0 Å². The quantitative estimate of drug-likeness (QED) is 0.931. The van der Waals surface area contributed by atoms with Crippen molar-refractivity contribution in [3.05, 3.63) is 33.2 Å². The van der Waals surface area contributed by atoms with E-state index in [0.29, 0.717) is 6.54 Å². The molecule has 0 saturated carbocycles. The molecule has 0 bridgehead atoms. The van der Waals surface area contributed by atoms with Crippen LogP contribution in [0.1, 0.15) is 22.3 Å². The van der Waals surface area contributed by atoms with Gasteiger partial charge in [-0.15, -0.1) is 11.3 Å². The van der Waals surface area contributed by atoms with Gasteiger partial charge in [0.25, 0.3) is 0 Å². The van der Waals surface area contributed by atoms with E-state index in [2.05, 4.69) is 26.1 Å². The minimum Gasteiger partial charge on any atom is -0.333 e. The summed E-state index contributed by atoms with van der Waals surface area (Å²) in [6.07, 6.45) is 0.896. The maximum atomic E-state index is 12.6. The standard InChI is InChI=1S/C12H14N4OS2/c1-13-10-11-8(3-5-18-11)2-4-16(12(10)17)6-9-14-7-19-15-9/h3,5,7,10,13H,2,4,6H2,1H3. The van der Waals surface area contributed by atoms with Crippen molar-refractivity contribution in [3.63, 3.8) is 0 Å². The van der Waals surface area contributed by atoms with Gasteiger partial charge in [0.05, 0.1) is 6.54 Å². The average Bonchev–Trinajstić information content (AvgIpc) is 3.04. The molecule has 1 amide bonds. The van der Waals surface area contributed by atoms with Gasteiger partial charge in [-0.25, -0.2) is 4.98 Å². The summed E-state index contributed by atoms with van der Waals surface area (Å²) in [4.78, 5) is 19.7. The lowest BCUT2D eigenvalue weighted by Crippen LogP contribution is -2.38. The monoisotopic (exact) mass is 294 g/mol. The Kier molecular flexibility index (Phi) is 3.58. The van der Waals surface area contributed by atoms with Gasteiger partial charge in [0.2, 0.25) is 5.91 Å². The van der Waals surface area contributed by atoms with E-state index < -0.39 is 0 Å². The van der Waals surface area contributed by atoms with Crippen LogP contribution < -0.4 is 5.32 Å². The van der Waals surface area contributed by atoms with Crippen LogP contribution in [0.3, 0.4) is 0 Å². The summed E-state index contributed by atoms with van der Waals surface area (Å²) in [5.74, 6) is 0.831. The summed E-state index contributed by atoms with van der Waals surface area (Å²) in [5.41, 5.74) is 2.97. The second-order valence-corrected chi connectivity index (χ2v) is 5.94. The molecule has 3 rings (SSSR count). The van der Waals surface area contributed by atoms with Crippen molar-refractivity contribution in [3.8, 4) is 0 Å². The molecule has 0 saturated heterocycles. The van der Waals surface area contributed by atoms with Crippen molar-refractivity contribution in [2.24, 2.45) is 0 Å². The van der Waals surface area contributed by atoms with E-state index in [-0.39, 0.29) is 11.9 Å². The largest absolute Gasteiger partial charge is 0.333 e. The number of carbonyl (C=O) groups is 1. The fourth-order valence-corrected chi connectivity index (χ4v) is 3.81. The zero-order valence-electron chi connectivity index (χ0n) is 10.5. The molecule has 0 aliphatic carbocycles. The van der Waals surface area contributed by atoms with Crippen LogP contribution in [0.15, 0.2) is 17.0 Å². The smallest absolute Gasteiger partial charge is 0.245 e. The van der Waals surface area contributed by atoms with Crippen LogP contribution in [0.25, 0.3) is 0 Å². The second-order valence-electron chi connectivity index (χ2n) is 4.39. The summed E-state index contributed by atoms with van der Waals surface area (Å²) in [6, 6.07) is 1.87. The molecule has 1 aliphatic heterocycles. The van der Waals surface area contributed by atoms with Crippen LogP contribution >= 0.6 is 22.9 Å². The zero-order valence-corrected chi connectivity index (χ0v) is 12.1. The van der Waals surface area contributed by atoms with Crippen LogP contribution in [0.4, 0.5) is 0 Å². The van der Waals surface area contributed by atoms with Crippen molar-refractivity contribution in [1.82, 2.24) is 19.6 Å². The number of likely N-dealkylation sites (N-methyl/N-ethyl adjacent to an activating group) is 1. The number of hydrogen-bond acceptors (Lipinski definition) is 6. The van der Waals surface area contributed by atoms with Crippen LogP contribution in [0, 0.1) is 0 Å². The Morgan fingerprint density at radius 2 is 2.47 bits per heavy atom. The fourth-order valence-electron chi connectivity index (χ4n) is 2.31. The number of aromatic nitrogens is 2. The van der Waals surface area contributed by atoms with E-state index in [9.17, 15) is 4.79 Å². The third kappa shape index (κ3) is 2.41. The van der Waals surface area contributed by atoms with Gasteiger partial charge in [0.1, 0.15) is 11.6 Å². The van der Waals surface area contributed by atoms with Crippen LogP contribution in [0.2, 0.25) is 0 Å². The normalized spacial score (nSPS) is 19.3. The maximum Gasteiger partial charge on any atom is 0.245 e. The average molecular weight is 294 g/mol. The van der Waals surface area contributed by atoms with Gasteiger partial charge in [-0.3, -0.25) is 4.79 Å². The summed E-state index contributed by atoms with van der Waals surface area (Å²) in [5, 5.41) is 5.18. The van der Waals surface area contributed by atoms with Gasteiger partial charge in [0.15, 0.2) is 5.82 Å². The topological polar surface area (TPSA) is 58.1 Å². The van der Waals surface area contributed by atoms with Gasteiger partial charge >= 0.3 is 0 Å². The van der Waals surface area contributed by atoms with Crippen molar-refractivity contribution in [1.29, 1.82) is 0 Å². The Labute approximate surface area is 119 Å². The summed E-state index contributed by atoms with van der Waals surface area (Å²) in [7, 11) is 1.83. The minimum absolute atomic E-state index is 0.110. The maximum absolute atomic E-state index is 12.6. The van der Waals surface area contributed by atoms with Crippen LogP contribution in [-0.4, -0.2) is 33.8 Å². The molecule has 1 N–H and O–H groups in total. The molecule has 5 nitrogen and oxygen atoms in total. The van der Waals surface area contributed by atoms with Crippen LogP contribution in [-0.2, 0) is 17.8 Å². The number of carbonyl (C=O) groups excluding carboxylic acids is 1. The first-order valence-electron chi connectivity index (χ1n) is 6.07. The highest BCUT2D eigenvalue weighted by molar-refractivity contribution is 7.10. The third-order valence-electron chi connectivity index (χ3n) is 3.28. The molecule has 1 atom stereocenters. The second kappa shape index (κ2) is 5.36. The molecule has 1 aliphatic rings. The van der Waals surface area contributed by atoms with E-state index >= 15 is 0 Å². The van der Waals surface area contributed by atoms with Gasteiger partial charge in [-0.2, -0.15) is 4.37 Å². The van der Waals surface area contributed by atoms with Gasteiger partial charge < -0.3 is 10.2 Å². The predicted molar refractivity (Wildman–Crippen MR) is 75.1 cm³/mol. The fraction of sp³-hybridized carbons (Fsp3) is 0.417. The lowest BCUT2D eigenvalue weighted by molar-refractivity contribution is -0.133. The summed E-state index contributed by atoms with van der Waals surface area (Å²) >= 11 is 2.96. The first kappa shape index (κ1) is 12.7. The first-order valence-corrected chi connectivity index (χ1v) is 7.79. The summed E-state index contributed by atoms with van der Waals surface area (Å²) < 4.78 is 4.18. The molecule has 0 aromatic carbocycles. The molecule has 100 valence electrons. The highest BCUT2D eigenvalue weighted by atomic mass is 32.1. The highest BCUT2D eigenvalue weighted by Crippen LogP contribution is 2.29. The lowest BCUT2D eigenvalue weighted by atomic mass is 10.1. The predicted octanol–water partition coefficient (Wildman–Crippen LogP) is 1.44. The molecule has 0 spiro atoms. The molecule has 19 heavy (non-hydrogen) atoms. The van der Waals surface area contributed by atoms with E-state index in [1.807, 2.05) is 11.9 Å². The molecule has 1 unspecified atom stereocenters. The Balaban J connectivity index is 1.85. The number of fused-ring (bicyclic) bond motifs is 1. The number of nitrogens with zero attached hydrogens (tertiary/aromatic N) is 3. The van der Waals surface area contributed by atoms with Crippen molar-refractivity contribution < 1.29 is 4.79 Å². The first-order chi connectivity index (χ1) is 9.29. The van der Waals surface area contributed by atoms with E-state index in [1.165, 1.54) is 17.1 Å². The highest BCUT2D eigenvalue weighted by Gasteiger charge is 2.31. The van der Waals surface area contributed by atoms with Gasteiger partial charge in [-0.05, 0) is 42.0 Å². The molecule has 2 aromatic heterocycles. The molecule has 3 heterocycles. The number of hydrogen-bond donors (Lipinski definition) is 1. The molecular formula is C12H14N4OS2. The lowest BCUT2D eigenvalue weighted by Gasteiger charge is -2.22. The number of nitrogens with one attached hydrogen (secondary N) is 1. The van der Waals surface area contributed by atoms with Gasteiger partial charge in [-0.1, -0.05) is 0 Å². The SMILES string of the molecule is CNC1C(=O)N(Cc2ncsn2)CCc2ccsc21. The van der Waals surface area contributed by atoms with Crippen LogP contribution in [0.5, 0.6) is 0 Å². The number of rotatable bonds is 3. The molecular weight excluding hydrogens is 280 g/mol. The van der Waals surface area contributed by atoms with E-state index in [1.54, 1.807) is 16.8 Å². The zero-order chi connectivity index (χ0) is 13.2.